The molecule has 7 heteroatoms. The molecule has 0 spiro atoms. The van der Waals surface area contributed by atoms with E-state index in [1.54, 1.807) is 31.2 Å². The van der Waals surface area contributed by atoms with Crippen LogP contribution in [-0.2, 0) is 14.3 Å². The van der Waals surface area contributed by atoms with Crippen LogP contribution in [0, 0.1) is 0 Å². The number of para-hydroxylation sites is 2. The molecule has 1 rings (SSSR count). The molecule has 0 saturated heterocycles. The highest BCUT2D eigenvalue weighted by molar-refractivity contribution is 6.39. The highest BCUT2D eigenvalue weighted by Crippen LogP contribution is 2.23. The average Bonchev–Trinajstić information content (AvgIpc) is 2.53. The van der Waals surface area contributed by atoms with Crippen molar-refractivity contribution in [3.05, 3.63) is 24.3 Å². The van der Waals surface area contributed by atoms with Crippen LogP contribution in [0.25, 0.3) is 0 Å². The van der Waals surface area contributed by atoms with Crippen molar-refractivity contribution in [2.75, 3.05) is 32.2 Å². The molecular formula is C16H24N2O5. The van der Waals surface area contributed by atoms with Crippen LogP contribution in [0.1, 0.15) is 20.3 Å². The molecule has 128 valence electrons. The van der Waals surface area contributed by atoms with Crippen LogP contribution in [0.2, 0.25) is 0 Å². The van der Waals surface area contributed by atoms with Crippen LogP contribution in [-0.4, -0.2) is 49.4 Å². The first-order chi connectivity index (χ1) is 10.9. The van der Waals surface area contributed by atoms with Gasteiger partial charge in [-0.3, -0.25) is 9.59 Å². The van der Waals surface area contributed by atoms with Crippen molar-refractivity contribution in [1.29, 1.82) is 0 Å². The maximum atomic E-state index is 11.9. The van der Waals surface area contributed by atoms with Gasteiger partial charge in [-0.1, -0.05) is 12.1 Å². The summed E-state index contributed by atoms with van der Waals surface area (Å²) < 4.78 is 10.3. The van der Waals surface area contributed by atoms with Gasteiger partial charge in [-0.2, -0.15) is 0 Å². The van der Waals surface area contributed by atoms with Crippen molar-refractivity contribution >= 4 is 17.5 Å². The Balaban J connectivity index is 2.56. The van der Waals surface area contributed by atoms with Gasteiger partial charge in [0.1, 0.15) is 5.75 Å². The molecule has 3 N–H and O–H groups in total. The first kappa shape index (κ1) is 18.9. The molecule has 0 fully saturated rings. The maximum Gasteiger partial charge on any atom is 0.313 e. The number of benzene rings is 1. The monoisotopic (exact) mass is 324 g/mol. The molecule has 1 atom stereocenters. The minimum atomic E-state index is -1.14. The van der Waals surface area contributed by atoms with E-state index in [0.29, 0.717) is 31.1 Å². The van der Waals surface area contributed by atoms with Crippen molar-refractivity contribution in [1.82, 2.24) is 5.32 Å². The van der Waals surface area contributed by atoms with Crippen molar-refractivity contribution in [2.24, 2.45) is 0 Å². The number of hydrogen-bond acceptors (Lipinski definition) is 5. The quantitative estimate of drug-likeness (QED) is 0.618. The topological polar surface area (TPSA) is 96.9 Å². The Labute approximate surface area is 136 Å². The van der Waals surface area contributed by atoms with Crippen molar-refractivity contribution in [2.45, 2.75) is 25.9 Å². The van der Waals surface area contributed by atoms with Gasteiger partial charge in [0.2, 0.25) is 0 Å². The van der Waals surface area contributed by atoms with E-state index in [1.165, 1.54) is 7.11 Å². The Bertz CT molecular complexity index is 531. The number of nitrogens with one attached hydrogen (secondary N) is 2. The molecule has 1 unspecified atom stereocenters. The van der Waals surface area contributed by atoms with Gasteiger partial charge >= 0.3 is 11.8 Å². The Morgan fingerprint density at radius 2 is 1.96 bits per heavy atom. The molecule has 0 saturated carbocycles. The van der Waals surface area contributed by atoms with Crippen LogP contribution in [0.5, 0.6) is 5.75 Å². The number of ether oxygens (including phenoxy) is 2. The van der Waals surface area contributed by atoms with Gasteiger partial charge in [-0.15, -0.1) is 0 Å². The third kappa shape index (κ3) is 6.66. The Kier molecular flexibility index (Phi) is 7.50. The zero-order chi connectivity index (χ0) is 17.3. The fourth-order valence-electron chi connectivity index (χ4n) is 1.79. The lowest BCUT2D eigenvalue weighted by Gasteiger charge is -2.23. The minimum Gasteiger partial charge on any atom is -0.492 e. The first-order valence-corrected chi connectivity index (χ1v) is 7.42. The Morgan fingerprint density at radius 1 is 1.26 bits per heavy atom. The lowest BCUT2D eigenvalue weighted by Crippen LogP contribution is -2.45. The summed E-state index contributed by atoms with van der Waals surface area (Å²) in [6.45, 7) is 4.15. The zero-order valence-corrected chi connectivity index (χ0v) is 13.7. The molecule has 2 amide bonds. The highest BCUT2D eigenvalue weighted by atomic mass is 16.5. The zero-order valence-electron chi connectivity index (χ0n) is 13.7. The summed E-state index contributed by atoms with van der Waals surface area (Å²) in [5, 5.41) is 14.9. The first-order valence-electron chi connectivity index (χ1n) is 7.42. The third-order valence-corrected chi connectivity index (χ3v) is 3.12. The summed E-state index contributed by atoms with van der Waals surface area (Å²) in [6, 6.07) is 6.84. The number of rotatable bonds is 8. The van der Waals surface area contributed by atoms with Gasteiger partial charge in [0.25, 0.3) is 0 Å². The smallest absolute Gasteiger partial charge is 0.313 e. The fourth-order valence-corrected chi connectivity index (χ4v) is 1.79. The number of aliphatic hydroxyl groups is 1. The number of hydrogen-bond donors (Lipinski definition) is 3. The molecule has 1 aromatic rings. The van der Waals surface area contributed by atoms with Crippen LogP contribution in [0.3, 0.4) is 0 Å². The molecule has 0 heterocycles. The number of methoxy groups -OCH3 is 1. The molecule has 0 radical (unpaired) electrons. The summed E-state index contributed by atoms with van der Waals surface area (Å²) in [5.41, 5.74) is -0.726. The van der Waals surface area contributed by atoms with Crippen LogP contribution in [0.4, 0.5) is 5.69 Å². The van der Waals surface area contributed by atoms with E-state index in [-0.39, 0.29) is 6.54 Å². The normalized spacial score (nSPS) is 13.0. The lowest BCUT2D eigenvalue weighted by atomic mass is 10.0. The van der Waals surface area contributed by atoms with Gasteiger partial charge in [-0.05, 0) is 26.0 Å². The van der Waals surface area contributed by atoms with Gasteiger partial charge in [-0.25, -0.2) is 0 Å². The van der Waals surface area contributed by atoms with E-state index >= 15 is 0 Å². The summed E-state index contributed by atoms with van der Waals surface area (Å²) in [6.07, 6.45) is 0.346. The molecule has 0 aliphatic rings. The third-order valence-electron chi connectivity index (χ3n) is 3.12. The predicted molar refractivity (Wildman–Crippen MR) is 86.4 cm³/mol. The maximum absolute atomic E-state index is 11.9. The van der Waals surface area contributed by atoms with Crippen molar-refractivity contribution in [3.8, 4) is 5.75 Å². The van der Waals surface area contributed by atoms with E-state index < -0.39 is 17.4 Å². The number of amides is 2. The van der Waals surface area contributed by atoms with Gasteiger partial charge in [0, 0.05) is 26.7 Å². The van der Waals surface area contributed by atoms with Crippen LogP contribution >= 0.6 is 0 Å². The minimum absolute atomic E-state index is 0.0459. The van der Waals surface area contributed by atoms with E-state index in [1.807, 2.05) is 6.92 Å². The number of carbonyl (C=O) groups is 2. The van der Waals surface area contributed by atoms with Crippen molar-refractivity contribution < 1.29 is 24.2 Å². The number of carbonyl (C=O) groups excluding carboxylic acids is 2. The standard InChI is InChI=1S/C16H24N2O5/c1-4-23-13-8-6-5-7-12(13)18-15(20)14(19)17-11-16(2,21)9-10-22-3/h5-8,21H,4,9-11H2,1-3H3,(H,17,19)(H,18,20). The second kappa shape index (κ2) is 9.12. The molecule has 0 aliphatic heterocycles. The van der Waals surface area contributed by atoms with E-state index in [0.717, 1.165) is 0 Å². The summed E-state index contributed by atoms with van der Waals surface area (Å²) in [4.78, 5) is 23.7. The highest BCUT2D eigenvalue weighted by Gasteiger charge is 2.23. The van der Waals surface area contributed by atoms with Gasteiger partial charge in [0.05, 0.1) is 17.9 Å². The molecule has 1 aromatic carbocycles. The second-order valence-corrected chi connectivity index (χ2v) is 5.31. The molecule has 0 aliphatic carbocycles. The molecular weight excluding hydrogens is 300 g/mol. The average molecular weight is 324 g/mol. The Hall–Kier alpha value is -2.12. The van der Waals surface area contributed by atoms with Crippen LogP contribution < -0.4 is 15.4 Å². The second-order valence-electron chi connectivity index (χ2n) is 5.31. The van der Waals surface area contributed by atoms with Crippen molar-refractivity contribution in [3.63, 3.8) is 0 Å². The lowest BCUT2D eigenvalue weighted by molar-refractivity contribution is -0.136. The largest absolute Gasteiger partial charge is 0.492 e. The summed E-state index contributed by atoms with van der Waals surface area (Å²) in [7, 11) is 1.53. The van der Waals surface area contributed by atoms with Gasteiger partial charge in [0.15, 0.2) is 0 Å². The Morgan fingerprint density at radius 3 is 2.61 bits per heavy atom. The molecule has 0 aromatic heterocycles. The van der Waals surface area contributed by atoms with Gasteiger partial charge < -0.3 is 25.2 Å². The SMILES string of the molecule is CCOc1ccccc1NC(=O)C(=O)NCC(C)(O)CCOC. The van der Waals surface area contributed by atoms with Crippen LogP contribution in [0.15, 0.2) is 24.3 Å². The predicted octanol–water partition coefficient (Wildman–Crippen LogP) is 0.927. The molecule has 0 bridgehead atoms. The van der Waals surface area contributed by atoms with E-state index in [9.17, 15) is 14.7 Å². The fraction of sp³-hybridized carbons (Fsp3) is 0.500. The summed E-state index contributed by atoms with van der Waals surface area (Å²) in [5.74, 6) is -1.16. The van der Waals surface area contributed by atoms with E-state index in [2.05, 4.69) is 10.6 Å². The number of anilines is 1. The summed E-state index contributed by atoms with van der Waals surface area (Å²) >= 11 is 0. The van der Waals surface area contributed by atoms with E-state index in [4.69, 9.17) is 9.47 Å². The molecule has 23 heavy (non-hydrogen) atoms. The molecule has 7 nitrogen and oxygen atoms in total.